The Morgan fingerprint density at radius 2 is 1.90 bits per heavy atom. The molecule has 156 valence electrons. The smallest absolute Gasteiger partial charge is 0.243 e. The van der Waals surface area contributed by atoms with E-state index in [1.807, 2.05) is 0 Å². The number of sulfonamides is 1. The zero-order valence-corrected chi connectivity index (χ0v) is 18.5. The third-order valence-corrected chi connectivity index (χ3v) is 7.41. The molecule has 0 aromatic heterocycles. The number of amides is 1. The van der Waals surface area contributed by atoms with Crippen molar-refractivity contribution in [1.82, 2.24) is 4.31 Å². The average molecular weight is 485 g/mol. The molecule has 0 saturated carbocycles. The zero-order chi connectivity index (χ0) is 21.2. The Labute approximate surface area is 178 Å². The van der Waals surface area contributed by atoms with Gasteiger partial charge in [-0.2, -0.15) is 4.31 Å². The number of methoxy groups -OCH3 is 1. The number of ether oxygens (including phenoxy) is 1. The number of benzene rings is 2. The van der Waals surface area contributed by atoms with Gasteiger partial charge in [-0.25, -0.2) is 12.8 Å². The van der Waals surface area contributed by atoms with Gasteiger partial charge in [0.15, 0.2) is 0 Å². The Balaban J connectivity index is 1.65. The van der Waals surface area contributed by atoms with Gasteiger partial charge in [0.05, 0.1) is 17.7 Å². The molecule has 6 nitrogen and oxygen atoms in total. The van der Waals surface area contributed by atoms with E-state index in [9.17, 15) is 17.6 Å². The Morgan fingerprint density at radius 1 is 1.21 bits per heavy atom. The molecule has 0 aliphatic carbocycles. The molecule has 0 bridgehead atoms. The number of carbonyl (C=O) groups is 1. The standard InChI is InChI=1S/C20H22BrFN2O4S/c1-13-11-16(4-6-19(13)28-2)29(26,27)24-9-7-14(8-10-24)20(25)23-18-5-3-15(21)12-17(18)22/h3-6,11-12,14H,7-10H2,1-2H3,(H,23,25). The molecule has 0 atom stereocenters. The van der Waals surface area contributed by atoms with Gasteiger partial charge < -0.3 is 10.1 Å². The van der Waals surface area contributed by atoms with Crippen molar-refractivity contribution < 1.29 is 22.3 Å². The van der Waals surface area contributed by atoms with Crippen molar-refractivity contribution in [3.63, 3.8) is 0 Å². The van der Waals surface area contributed by atoms with Crippen LogP contribution in [0.3, 0.4) is 0 Å². The van der Waals surface area contributed by atoms with Crippen LogP contribution in [0.1, 0.15) is 18.4 Å². The number of halogens is 2. The molecular formula is C20H22BrFN2O4S. The quantitative estimate of drug-likeness (QED) is 0.696. The lowest BCUT2D eigenvalue weighted by molar-refractivity contribution is -0.120. The SMILES string of the molecule is COc1ccc(S(=O)(=O)N2CCC(C(=O)Nc3ccc(Br)cc3F)CC2)cc1C. The van der Waals surface area contributed by atoms with Crippen LogP contribution in [0.5, 0.6) is 5.75 Å². The molecular weight excluding hydrogens is 463 g/mol. The lowest BCUT2D eigenvalue weighted by atomic mass is 9.97. The molecule has 1 amide bonds. The minimum Gasteiger partial charge on any atom is -0.496 e. The molecule has 29 heavy (non-hydrogen) atoms. The van der Waals surface area contributed by atoms with Crippen LogP contribution in [0.2, 0.25) is 0 Å². The van der Waals surface area contributed by atoms with Gasteiger partial charge in [-0.3, -0.25) is 4.79 Å². The van der Waals surface area contributed by atoms with Gasteiger partial charge in [0.1, 0.15) is 11.6 Å². The van der Waals surface area contributed by atoms with Gasteiger partial charge >= 0.3 is 0 Å². The number of hydrogen-bond acceptors (Lipinski definition) is 4. The predicted octanol–water partition coefficient (Wildman–Crippen LogP) is 3.94. The van der Waals surface area contributed by atoms with Crippen LogP contribution in [0.4, 0.5) is 10.1 Å². The molecule has 1 fully saturated rings. The number of nitrogens with zero attached hydrogens (tertiary/aromatic N) is 1. The number of piperidine rings is 1. The summed E-state index contributed by atoms with van der Waals surface area (Å²) in [7, 11) is -2.11. The Bertz CT molecular complexity index is 1020. The van der Waals surface area contributed by atoms with E-state index in [0.29, 0.717) is 23.1 Å². The second-order valence-corrected chi connectivity index (χ2v) is 9.78. The minimum absolute atomic E-state index is 0.113. The van der Waals surface area contributed by atoms with Gasteiger partial charge in [0.25, 0.3) is 0 Å². The van der Waals surface area contributed by atoms with Crippen molar-refractivity contribution in [2.75, 3.05) is 25.5 Å². The van der Waals surface area contributed by atoms with Gasteiger partial charge in [-0.05, 0) is 61.7 Å². The number of aryl methyl sites for hydroxylation is 1. The first-order valence-electron chi connectivity index (χ1n) is 9.13. The highest BCUT2D eigenvalue weighted by atomic mass is 79.9. The number of nitrogens with one attached hydrogen (secondary N) is 1. The summed E-state index contributed by atoms with van der Waals surface area (Å²) < 4.78 is 46.9. The molecule has 1 heterocycles. The summed E-state index contributed by atoms with van der Waals surface area (Å²) in [6.45, 7) is 2.25. The maximum Gasteiger partial charge on any atom is 0.243 e. The van der Waals surface area contributed by atoms with Crippen molar-refractivity contribution in [3.05, 3.63) is 52.3 Å². The van der Waals surface area contributed by atoms with E-state index >= 15 is 0 Å². The summed E-state index contributed by atoms with van der Waals surface area (Å²) in [4.78, 5) is 12.7. The molecule has 0 radical (unpaired) electrons. The molecule has 2 aromatic carbocycles. The maximum atomic E-state index is 13.9. The largest absolute Gasteiger partial charge is 0.496 e. The van der Waals surface area contributed by atoms with Crippen LogP contribution in [0.15, 0.2) is 45.8 Å². The van der Waals surface area contributed by atoms with Gasteiger partial charge in [-0.1, -0.05) is 15.9 Å². The molecule has 0 unspecified atom stereocenters. The van der Waals surface area contributed by atoms with Crippen molar-refractivity contribution in [2.24, 2.45) is 5.92 Å². The molecule has 9 heteroatoms. The van der Waals surface area contributed by atoms with E-state index < -0.39 is 15.8 Å². The van der Waals surface area contributed by atoms with Crippen molar-refractivity contribution in [2.45, 2.75) is 24.7 Å². The highest BCUT2D eigenvalue weighted by molar-refractivity contribution is 9.10. The molecule has 2 aromatic rings. The molecule has 1 aliphatic heterocycles. The molecule has 1 aliphatic rings. The van der Waals surface area contributed by atoms with E-state index in [0.717, 1.165) is 5.56 Å². The fourth-order valence-corrected chi connectivity index (χ4v) is 5.23. The zero-order valence-electron chi connectivity index (χ0n) is 16.1. The molecule has 1 saturated heterocycles. The lowest BCUT2D eigenvalue weighted by Gasteiger charge is -2.30. The first kappa shape index (κ1) is 21.7. The topological polar surface area (TPSA) is 75.7 Å². The molecule has 0 spiro atoms. The Hall–Kier alpha value is -1.97. The van der Waals surface area contributed by atoms with Crippen LogP contribution in [-0.4, -0.2) is 38.8 Å². The van der Waals surface area contributed by atoms with E-state index in [1.54, 1.807) is 25.1 Å². The summed E-state index contributed by atoms with van der Waals surface area (Å²) >= 11 is 3.17. The van der Waals surface area contributed by atoms with Crippen LogP contribution in [0, 0.1) is 18.7 Å². The number of rotatable bonds is 5. The summed E-state index contributed by atoms with van der Waals surface area (Å²) in [5, 5.41) is 2.60. The van der Waals surface area contributed by atoms with Crippen molar-refractivity contribution in [3.8, 4) is 5.75 Å². The molecule has 1 N–H and O–H groups in total. The lowest BCUT2D eigenvalue weighted by Crippen LogP contribution is -2.41. The van der Waals surface area contributed by atoms with Crippen LogP contribution >= 0.6 is 15.9 Å². The normalized spacial score (nSPS) is 15.9. The highest BCUT2D eigenvalue weighted by Gasteiger charge is 2.32. The average Bonchev–Trinajstić information content (AvgIpc) is 2.70. The van der Waals surface area contributed by atoms with E-state index in [1.165, 1.54) is 29.6 Å². The fourth-order valence-electron chi connectivity index (χ4n) is 3.34. The minimum atomic E-state index is -3.65. The second kappa shape index (κ2) is 8.81. The number of anilines is 1. The second-order valence-electron chi connectivity index (χ2n) is 6.92. The third kappa shape index (κ3) is 4.79. The van der Waals surface area contributed by atoms with Crippen LogP contribution in [-0.2, 0) is 14.8 Å². The third-order valence-electron chi connectivity index (χ3n) is 5.02. The monoisotopic (exact) mass is 484 g/mol. The number of hydrogen-bond donors (Lipinski definition) is 1. The molecule has 3 rings (SSSR count). The predicted molar refractivity (Wildman–Crippen MR) is 112 cm³/mol. The first-order valence-corrected chi connectivity index (χ1v) is 11.4. The van der Waals surface area contributed by atoms with Crippen molar-refractivity contribution >= 4 is 37.5 Å². The van der Waals surface area contributed by atoms with Crippen LogP contribution in [0.25, 0.3) is 0 Å². The Kier molecular flexibility index (Phi) is 6.60. The van der Waals surface area contributed by atoms with E-state index in [-0.39, 0.29) is 35.5 Å². The Morgan fingerprint density at radius 3 is 2.48 bits per heavy atom. The number of carbonyl (C=O) groups excluding carboxylic acids is 1. The van der Waals surface area contributed by atoms with E-state index in [4.69, 9.17) is 4.74 Å². The maximum absolute atomic E-state index is 13.9. The van der Waals surface area contributed by atoms with Gasteiger partial charge in [-0.15, -0.1) is 0 Å². The highest BCUT2D eigenvalue weighted by Crippen LogP contribution is 2.28. The summed E-state index contributed by atoms with van der Waals surface area (Å²) in [6.07, 6.45) is 0.747. The first-order chi connectivity index (χ1) is 13.7. The van der Waals surface area contributed by atoms with E-state index in [2.05, 4.69) is 21.2 Å². The summed E-state index contributed by atoms with van der Waals surface area (Å²) in [5.74, 6) is -0.576. The van der Waals surface area contributed by atoms with Crippen molar-refractivity contribution in [1.29, 1.82) is 0 Å². The summed E-state index contributed by atoms with van der Waals surface area (Å²) in [6, 6.07) is 9.16. The van der Waals surface area contributed by atoms with Gasteiger partial charge in [0, 0.05) is 23.5 Å². The fraction of sp³-hybridized carbons (Fsp3) is 0.350. The van der Waals surface area contributed by atoms with Gasteiger partial charge in [0.2, 0.25) is 15.9 Å². The summed E-state index contributed by atoms with van der Waals surface area (Å²) in [5.41, 5.74) is 0.848. The van der Waals surface area contributed by atoms with Crippen LogP contribution < -0.4 is 10.1 Å².